The average molecular weight is 322 g/mol. The van der Waals surface area contributed by atoms with Crippen LogP contribution in [0.25, 0.3) is 0 Å². The maximum absolute atomic E-state index is 12.4. The summed E-state index contributed by atoms with van der Waals surface area (Å²) in [5, 5.41) is 3.45. The molecule has 1 aromatic carbocycles. The van der Waals surface area contributed by atoms with Crippen molar-refractivity contribution in [3.63, 3.8) is 0 Å². The molecule has 4 nitrogen and oxygen atoms in total. The van der Waals surface area contributed by atoms with Crippen LogP contribution in [-0.4, -0.2) is 43.5 Å². The van der Waals surface area contributed by atoms with E-state index in [0.29, 0.717) is 11.2 Å². The lowest BCUT2D eigenvalue weighted by molar-refractivity contribution is 0.113. The molecular weight excluding hydrogens is 296 g/mol. The van der Waals surface area contributed by atoms with Crippen molar-refractivity contribution in [2.45, 2.75) is 25.5 Å². The molecule has 22 heavy (non-hydrogen) atoms. The van der Waals surface area contributed by atoms with Crippen LogP contribution in [0, 0.1) is 5.92 Å². The lowest BCUT2D eigenvalue weighted by Crippen LogP contribution is -2.33. The fourth-order valence-corrected chi connectivity index (χ4v) is 3.06. The predicted octanol–water partition coefficient (Wildman–Crippen LogP) is 4.00. The lowest BCUT2D eigenvalue weighted by atomic mass is 10.1. The van der Waals surface area contributed by atoms with Crippen LogP contribution < -0.4 is 5.32 Å². The molecule has 2 atom stereocenters. The first-order valence-electron chi connectivity index (χ1n) is 7.90. The number of benzene rings is 1. The van der Waals surface area contributed by atoms with Crippen molar-refractivity contribution in [2.75, 3.05) is 37.9 Å². The SMILES string of the molecule is CCOC[C@@H]1CCN(C(=O)Nc2cccc([C@@H](C)SC)c2)C1. The predicted molar refractivity (Wildman–Crippen MR) is 93.6 cm³/mol. The number of ether oxygens (including phenoxy) is 1. The van der Waals surface area contributed by atoms with Crippen LogP contribution in [0.1, 0.15) is 31.1 Å². The largest absolute Gasteiger partial charge is 0.381 e. The summed E-state index contributed by atoms with van der Waals surface area (Å²) < 4.78 is 5.46. The van der Waals surface area contributed by atoms with Crippen molar-refractivity contribution in [3.8, 4) is 0 Å². The van der Waals surface area contributed by atoms with E-state index in [4.69, 9.17) is 4.74 Å². The molecule has 1 saturated heterocycles. The molecule has 0 aromatic heterocycles. The Morgan fingerprint density at radius 2 is 2.36 bits per heavy atom. The Labute approximate surface area is 137 Å². The Hall–Kier alpha value is -1.20. The topological polar surface area (TPSA) is 41.6 Å². The maximum Gasteiger partial charge on any atom is 0.321 e. The standard InChI is InChI=1S/C17H26N2O2S/c1-4-21-12-14-8-9-19(11-14)17(20)18-16-7-5-6-15(10-16)13(2)22-3/h5-7,10,13-14H,4,8-9,11-12H2,1-3H3,(H,18,20)/t13-,14-/m1/s1. The van der Waals surface area contributed by atoms with Crippen molar-refractivity contribution in [3.05, 3.63) is 29.8 Å². The Bertz CT molecular complexity index is 495. The molecule has 122 valence electrons. The van der Waals surface area contributed by atoms with E-state index in [1.807, 2.05) is 24.0 Å². The molecular formula is C17H26N2O2S. The molecule has 1 N–H and O–H groups in total. The van der Waals surface area contributed by atoms with Crippen molar-refractivity contribution >= 4 is 23.5 Å². The number of nitrogens with one attached hydrogen (secondary N) is 1. The van der Waals surface area contributed by atoms with Crippen molar-refractivity contribution in [1.82, 2.24) is 4.90 Å². The van der Waals surface area contributed by atoms with Gasteiger partial charge in [-0.3, -0.25) is 0 Å². The van der Waals surface area contributed by atoms with E-state index < -0.39 is 0 Å². The second-order valence-corrected chi connectivity index (χ2v) is 6.87. The van der Waals surface area contributed by atoms with E-state index in [-0.39, 0.29) is 6.03 Å². The van der Waals surface area contributed by atoms with Crippen LogP contribution in [0.2, 0.25) is 0 Å². The first kappa shape index (κ1) is 17.2. The number of anilines is 1. The highest BCUT2D eigenvalue weighted by molar-refractivity contribution is 7.98. The third-order valence-electron chi connectivity index (χ3n) is 4.09. The minimum Gasteiger partial charge on any atom is -0.381 e. The zero-order valence-electron chi connectivity index (χ0n) is 13.7. The van der Waals surface area contributed by atoms with Crippen LogP contribution in [-0.2, 0) is 4.74 Å². The van der Waals surface area contributed by atoms with E-state index in [9.17, 15) is 4.79 Å². The zero-order chi connectivity index (χ0) is 15.9. The van der Waals surface area contributed by atoms with Gasteiger partial charge in [-0.25, -0.2) is 4.79 Å². The second kappa shape index (κ2) is 8.44. The number of amides is 2. The van der Waals surface area contributed by atoms with Gasteiger partial charge in [0, 0.05) is 36.6 Å². The second-order valence-electron chi connectivity index (χ2n) is 5.69. The van der Waals surface area contributed by atoms with E-state index in [2.05, 4.69) is 30.6 Å². The number of rotatable bonds is 6. The number of thioether (sulfide) groups is 1. The monoisotopic (exact) mass is 322 g/mol. The van der Waals surface area contributed by atoms with E-state index in [0.717, 1.165) is 38.4 Å². The van der Waals surface area contributed by atoms with Gasteiger partial charge in [-0.05, 0) is 44.2 Å². The Kier molecular flexibility index (Phi) is 6.58. The minimum absolute atomic E-state index is 0.00652. The summed E-state index contributed by atoms with van der Waals surface area (Å²) in [6, 6.07) is 8.10. The van der Waals surface area contributed by atoms with E-state index in [1.54, 1.807) is 11.8 Å². The molecule has 0 radical (unpaired) electrons. The van der Waals surface area contributed by atoms with Crippen LogP contribution in [0.4, 0.5) is 10.5 Å². The summed E-state index contributed by atoms with van der Waals surface area (Å²) >= 11 is 1.80. The quantitative estimate of drug-likeness (QED) is 0.860. The first-order chi connectivity index (χ1) is 10.6. The average Bonchev–Trinajstić information content (AvgIpc) is 3.01. The Balaban J connectivity index is 1.90. The van der Waals surface area contributed by atoms with Gasteiger partial charge in [0.1, 0.15) is 0 Å². The van der Waals surface area contributed by atoms with Crippen molar-refractivity contribution in [2.24, 2.45) is 5.92 Å². The third-order valence-corrected chi connectivity index (χ3v) is 5.07. The fourth-order valence-electron chi connectivity index (χ4n) is 2.65. The van der Waals surface area contributed by atoms with Crippen molar-refractivity contribution in [1.29, 1.82) is 0 Å². The normalized spacial score (nSPS) is 19.2. The summed E-state index contributed by atoms with van der Waals surface area (Å²) in [5.74, 6) is 0.466. The molecule has 0 bridgehead atoms. The molecule has 0 saturated carbocycles. The molecule has 1 aliphatic heterocycles. The van der Waals surface area contributed by atoms with E-state index >= 15 is 0 Å². The molecule has 1 fully saturated rings. The minimum atomic E-state index is -0.00652. The van der Waals surface area contributed by atoms with E-state index in [1.165, 1.54) is 5.56 Å². The number of hydrogen-bond acceptors (Lipinski definition) is 3. The number of urea groups is 1. The van der Waals surface area contributed by atoms with Crippen LogP contribution >= 0.6 is 11.8 Å². The van der Waals surface area contributed by atoms with Gasteiger partial charge >= 0.3 is 6.03 Å². The van der Waals surface area contributed by atoms with Crippen LogP contribution in [0.15, 0.2) is 24.3 Å². The highest BCUT2D eigenvalue weighted by atomic mass is 32.2. The Morgan fingerprint density at radius 1 is 1.55 bits per heavy atom. The van der Waals surface area contributed by atoms with Crippen LogP contribution in [0.5, 0.6) is 0 Å². The summed E-state index contributed by atoms with van der Waals surface area (Å²) in [7, 11) is 0. The number of carbonyl (C=O) groups excluding carboxylic acids is 1. The summed E-state index contributed by atoms with van der Waals surface area (Å²) in [6.45, 7) is 7.26. The highest BCUT2D eigenvalue weighted by Crippen LogP contribution is 2.27. The van der Waals surface area contributed by atoms with Gasteiger partial charge < -0.3 is 15.0 Å². The number of carbonyl (C=O) groups is 1. The van der Waals surface area contributed by atoms with Crippen LogP contribution in [0.3, 0.4) is 0 Å². The number of hydrogen-bond donors (Lipinski definition) is 1. The fraction of sp³-hybridized carbons (Fsp3) is 0.588. The van der Waals surface area contributed by atoms with Gasteiger partial charge in [-0.1, -0.05) is 12.1 Å². The van der Waals surface area contributed by atoms with Crippen molar-refractivity contribution < 1.29 is 9.53 Å². The smallest absolute Gasteiger partial charge is 0.321 e. The third kappa shape index (κ3) is 4.65. The molecule has 5 heteroatoms. The molecule has 1 aliphatic rings. The number of likely N-dealkylation sites (tertiary alicyclic amines) is 1. The van der Waals surface area contributed by atoms with Gasteiger partial charge in [-0.2, -0.15) is 11.8 Å². The van der Waals surface area contributed by atoms with Gasteiger partial charge in [0.2, 0.25) is 0 Å². The molecule has 2 rings (SSSR count). The molecule has 0 spiro atoms. The first-order valence-corrected chi connectivity index (χ1v) is 9.19. The zero-order valence-corrected chi connectivity index (χ0v) is 14.5. The maximum atomic E-state index is 12.4. The summed E-state index contributed by atoms with van der Waals surface area (Å²) in [5.41, 5.74) is 2.11. The molecule has 0 unspecified atom stereocenters. The summed E-state index contributed by atoms with van der Waals surface area (Å²) in [6.07, 6.45) is 3.12. The van der Waals surface area contributed by atoms with Gasteiger partial charge in [0.15, 0.2) is 0 Å². The molecule has 1 heterocycles. The van der Waals surface area contributed by atoms with Gasteiger partial charge in [0.05, 0.1) is 6.61 Å². The highest BCUT2D eigenvalue weighted by Gasteiger charge is 2.26. The van der Waals surface area contributed by atoms with Gasteiger partial charge in [0.25, 0.3) is 0 Å². The molecule has 1 aromatic rings. The van der Waals surface area contributed by atoms with Gasteiger partial charge in [-0.15, -0.1) is 0 Å². The molecule has 2 amide bonds. The lowest BCUT2D eigenvalue weighted by Gasteiger charge is -2.18. The molecule has 0 aliphatic carbocycles. The summed E-state index contributed by atoms with van der Waals surface area (Å²) in [4.78, 5) is 14.2. The Morgan fingerprint density at radius 3 is 3.09 bits per heavy atom. The number of nitrogens with zero attached hydrogens (tertiary/aromatic N) is 1.